The second kappa shape index (κ2) is 8.28. The van der Waals surface area contributed by atoms with E-state index in [4.69, 9.17) is 5.73 Å². The second-order valence-corrected chi connectivity index (χ2v) is 6.41. The van der Waals surface area contributed by atoms with Crippen LogP contribution in [0.1, 0.15) is 28.4 Å². The number of nitriles is 1. The third kappa shape index (κ3) is 3.81. The number of anilines is 2. The van der Waals surface area contributed by atoms with E-state index in [0.29, 0.717) is 30.0 Å². The molecule has 5 heteroatoms. The predicted octanol–water partition coefficient (Wildman–Crippen LogP) is 4.53. The number of para-hydroxylation sites is 1. The van der Waals surface area contributed by atoms with Crippen LogP contribution >= 0.6 is 0 Å². The number of rotatable bonds is 6. The van der Waals surface area contributed by atoms with Crippen molar-refractivity contribution >= 4 is 17.3 Å². The van der Waals surface area contributed by atoms with Crippen molar-refractivity contribution in [3.8, 4) is 17.2 Å². The number of nitrogens with zero attached hydrogens (tertiary/aromatic N) is 2. The Bertz CT molecular complexity index is 1050. The molecule has 0 heterocycles. The van der Waals surface area contributed by atoms with Crippen LogP contribution in [-0.2, 0) is 6.54 Å². The van der Waals surface area contributed by atoms with E-state index < -0.39 is 5.97 Å². The van der Waals surface area contributed by atoms with Gasteiger partial charge in [-0.3, -0.25) is 0 Å². The lowest BCUT2D eigenvalue weighted by Crippen LogP contribution is -2.24. The number of nitrogen functional groups attached to an aromatic ring is 1. The summed E-state index contributed by atoms with van der Waals surface area (Å²) in [6.45, 7) is 3.11. The van der Waals surface area contributed by atoms with Crippen LogP contribution in [0.4, 0.5) is 11.4 Å². The zero-order valence-corrected chi connectivity index (χ0v) is 15.6. The molecule has 0 fully saturated rings. The number of hydrogen-bond donors (Lipinski definition) is 2. The average molecular weight is 371 g/mol. The summed E-state index contributed by atoms with van der Waals surface area (Å²) < 4.78 is 0. The van der Waals surface area contributed by atoms with Gasteiger partial charge in [-0.05, 0) is 47.9 Å². The molecule has 0 radical (unpaired) electrons. The van der Waals surface area contributed by atoms with Gasteiger partial charge in [-0.1, -0.05) is 42.5 Å². The molecule has 28 heavy (non-hydrogen) atoms. The molecule has 5 nitrogen and oxygen atoms in total. The molecular weight excluding hydrogens is 350 g/mol. The van der Waals surface area contributed by atoms with Gasteiger partial charge in [-0.25, -0.2) is 4.79 Å². The number of aromatic carboxylic acids is 1. The molecule has 0 spiro atoms. The Balaban J connectivity index is 1.93. The molecule has 0 saturated heterocycles. The smallest absolute Gasteiger partial charge is 0.337 e. The summed E-state index contributed by atoms with van der Waals surface area (Å²) in [6, 6.07) is 22.3. The van der Waals surface area contributed by atoms with Crippen molar-refractivity contribution < 1.29 is 9.90 Å². The minimum atomic E-state index is -0.953. The van der Waals surface area contributed by atoms with Crippen molar-refractivity contribution in [2.45, 2.75) is 13.5 Å². The Morgan fingerprint density at radius 1 is 1.11 bits per heavy atom. The minimum Gasteiger partial charge on any atom is -0.478 e. The lowest BCUT2D eigenvalue weighted by molar-refractivity contribution is 0.0697. The summed E-state index contributed by atoms with van der Waals surface area (Å²) in [7, 11) is 0. The standard InChI is InChI=1S/C23H21N3O2/c1-2-26(22-10-6-5-9-20(22)23(27)28)15-18-12-11-16(13-21(18)25)19-8-4-3-7-17(19)14-24/h3-13H,2,15,25H2,1H3,(H,27,28). The van der Waals surface area contributed by atoms with E-state index in [9.17, 15) is 15.2 Å². The lowest BCUT2D eigenvalue weighted by atomic mass is 9.98. The molecule has 0 amide bonds. The van der Waals surface area contributed by atoms with Gasteiger partial charge in [0.05, 0.1) is 22.9 Å². The number of carboxylic acid groups (broad SMARTS) is 1. The number of carbonyl (C=O) groups is 1. The van der Waals surface area contributed by atoms with E-state index in [1.54, 1.807) is 24.3 Å². The molecule has 0 saturated carbocycles. The normalized spacial score (nSPS) is 10.3. The molecule has 3 aromatic carbocycles. The van der Waals surface area contributed by atoms with Crippen LogP contribution < -0.4 is 10.6 Å². The molecule has 0 aliphatic rings. The maximum Gasteiger partial charge on any atom is 0.337 e. The Hall–Kier alpha value is -3.78. The topological polar surface area (TPSA) is 90.4 Å². The third-order valence-corrected chi connectivity index (χ3v) is 4.72. The highest BCUT2D eigenvalue weighted by Crippen LogP contribution is 2.29. The molecule has 0 atom stereocenters. The van der Waals surface area contributed by atoms with Gasteiger partial charge in [0.15, 0.2) is 0 Å². The fraction of sp³-hybridized carbons (Fsp3) is 0.130. The number of nitrogens with two attached hydrogens (primary N) is 1. The van der Waals surface area contributed by atoms with Crippen molar-refractivity contribution in [1.29, 1.82) is 5.26 Å². The van der Waals surface area contributed by atoms with Gasteiger partial charge in [0.1, 0.15) is 0 Å². The highest BCUT2D eigenvalue weighted by Gasteiger charge is 2.16. The Morgan fingerprint density at radius 3 is 2.50 bits per heavy atom. The molecule has 0 bridgehead atoms. The molecule has 3 rings (SSSR count). The van der Waals surface area contributed by atoms with E-state index in [1.165, 1.54) is 0 Å². The first-order chi connectivity index (χ1) is 13.5. The number of carboxylic acids is 1. The SMILES string of the molecule is CCN(Cc1ccc(-c2ccccc2C#N)cc1N)c1ccccc1C(=O)O. The van der Waals surface area contributed by atoms with Crippen molar-refractivity contribution in [1.82, 2.24) is 0 Å². The first-order valence-corrected chi connectivity index (χ1v) is 9.00. The Kier molecular flexibility index (Phi) is 5.61. The highest BCUT2D eigenvalue weighted by molar-refractivity contribution is 5.94. The van der Waals surface area contributed by atoms with Gasteiger partial charge in [0.25, 0.3) is 0 Å². The lowest BCUT2D eigenvalue weighted by Gasteiger charge is -2.25. The van der Waals surface area contributed by atoms with E-state index in [-0.39, 0.29) is 5.56 Å². The quantitative estimate of drug-likeness (QED) is 0.621. The van der Waals surface area contributed by atoms with E-state index in [2.05, 4.69) is 6.07 Å². The summed E-state index contributed by atoms with van der Waals surface area (Å²) in [5.41, 5.74) is 11.1. The van der Waals surface area contributed by atoms with Gasteiger partial charge < -0.3 is 15.7 Å². The third-order valence-electron chi connectivity index (χ3n) is 4.72. The zero-order chi connectivity index (χ0) is 20.1. The highest BCUT2D eigenvalue weighted by atomic mass is 16.4. The summed E-state index contributed by atoms with van der Waals surface area (Å²) in [6.07, 6.45) is 0. The fourth-order valence-electron chi connectivity index (χ4n) is 3.24. The van der Waals surface area contributed by atoms with E-state index in [1.807, 2.05) is 54.3 Å². The van der Waals surface area contributed by atoms with Crippen LogP contribution in [0.15, 0.2) is 66.7 Å². The van der Waals surface area contributed by atoms with Gasteiger partial charge in [-0.15, -0.1) is 0 Å². The molecule has 3 N–H and O–H groups in total. The Labute approximate surface area is 164 Å². The van der Waals surface area contributed by atoms with Gasteiger partial charge in [0, 0.05) is 18.8 Å². The van der Waals surface area contributed by atoms with Crippen molar-refractivity contribution in [3.63, 3.8) is 0 Å². The molecule has 3 aromatic rings. The molecule has 0 aromatic heterocycles. The van der Waals surface area contributed by atoms with E-state index in [0.717, 1.165) is 16.7 Å². The maximum absolute atomic E-state index is 11.5. The monoisotopic (exact) mass is 371 g/mol. The minimum absolute atomic E-state index is 0.266. The van der Waals surface area contributed by atoms with Gasteiger partial charge >= 0.3 is 5.97 Å². The molecular formula is C23H21N3O2. The average Bonchev–Trinajstić information content (AvgIpc) is 2.72. The first kappa shape index (κ1) is 19.0. The molecule has 0 unspecified atom stereocenters. The predicted molar refractivity (Wildman–Crippen MR) is 111 cm³/mol. The summed E-state index contributed by atoms with van der Waals surface area (Å²) in [5, 5.41) is 18.8. The zero-order valence-electron chi connectivity index (χ0n) is 15.6. The van der Waals surface area contributed by atoms with Crippen LogP contribution in [0.5, 0.6) is 0 Å². The van der Waals surface area contributed by atoms with Gasteiger partial charge in [0.2, 0.25) is 0 Å². The van der Waals surface area contributed by atoms with E-state index >= 15 is 0 Å². The van der Waals surface area contributed by atoms with Gasteiger partial charge in [-0.2, -0.15) is 5.26 Å². The summed E-state index contributed by atoms with van der Waals surface area (Å²) >= 11 is 0. The summed E-state index contributed by atoms with van der Waals surface area (Å²) in [4.78, 5) is 13.5. The molecule has 0 aliphatic heterocycles. The number of hydrogen-bond acceptors (Lipinski definition) is 4. The van der Waals surface area contributed by atoms with Crippen molar-refractivity contribution in [2.24, 2.45) is 0 Å². The number of benzene rings is 3. The second-order valence-electron chi connectivity index (χ2n) is 6.41. The van der Waals surface area contributed by atoms with Crippen molar-refractivity contribution in [3.05, 3.63) is 83.4 Å². The molecule has 0 aliphatic carbocycles. The Morgan fingerprint density at radius 2 is 1.82 bits per heavy atom. The van der Waals surface area contributed by atoms with Crippen LogP contribution in [-0.4, -0.2) is 17.6 Å². The fourth-order valence-corrected chi connectivity index (χ4v) is 3.24. The maximum atomic E-state index is 11.5. The first-order valence-electron chi connectivity index (χ1n) is 9.00. The molecule has 140 valence electrons. The van der Waals surface area contributed by atoms with Crippen LogP contribution in [0, 0.1) is 11.3 Å². The van der Waals surface area contributed by atoms with Crippen LogP contribution in [0.25, 0.3) is 11.1 Å². The van der Waals surface area contributed by atoms with Crippen LogP contribution in [0.2, 0.25) is 0 Å². The summed E-state index contributed by atoms with van der Waals surface area (Å²) in [5.74, 6) is -0.953. The van der Waals surface area contributed by atoms with Crippen LogP contribution in [0.3, 0.4) is 0 Å². The largest absolute Gasteiger partial charge is 0.478 e. The van der Waals surface area contributed by atoms with Crippen molar-refractivity contribution in [2.75, 3.05) is 17.2 Å².